The molecule has 1 N–H and O–H groups in total. The number of H-pyrrole nitrogens is 1. The van der Waals surface area contributed by atoms with Gasteiger partial charge in [-0.15, -0.1) is 11.6 Å². The van der Waals surface area contributed by atoms with Gasteiger partial charge in [-0.3, -0.25) is 0 Å². The molecule has 0 saturated carbocycles. The minimum absolute atomic E-state index is 0.502. The minimum atomic E-state index is 0.502. The highest BCUT2D eigenvalue weighted by Crippen LogP contribution is 2.24. The van der Waals surface area contributed by atoms with Crippen molar-refractivity contribution < 1.29 is 4.74 Å². The summed E-state index contributed by atoms with van der Waals surface area (Å²) in [5, 5.41) is 0. The molecule has 96 valence electrons. The molecule has 0 bridgehead atoms. The molecule has 1 heterocycles. The van der Waals surface area contributed by atoms with Crippen LogP contribution in [0.2, 0.25) is 0 Å². The van der Waals surface area contributed by atoms with Crippen molar-refractivity contribution in [3.63, 3.8) is 0 Å². The summed E-state index contributed by atoms with van der Waals surface area (Å²) in [5.74, 6) is 2.16. The van der Waals surface area contributed by atoms with Gasteiger partial charge in [0.25, 0.3) is 0 Å². The Morgan fingerprint density at radius 3 is 2.89 bits per heavy atom. The van der Waals surface area contributed by atoms with Gasteiger partial charge in [-0.1, -0.05) is 18.2 Å². The van der Waals surface area contributed by atoms with Gasteiger partial charge >= 0.3 is 0 Å². The first-order valence-corrected chi connectivity index (χ1v) is 6.52. The van der Waals surface area contributed by atoms with E-state index in [4.69, 9.17) is 16.3 Å². The zero-order valence-electron chi connectivity index (χ0n) is 10.5. The van der Waals surface area contributed by atoms with Crippen molar-refractivity contribution in [2.24, 2.45) is 0 Å². The van der Waals surface area contributed by atoms with Gasteiger partial charge < -0.3 is 9.72 Å². The molecule has 3 rings (SSSR count). The number of alkyl halides is 1. The summed E-state index contributed by atoms with van der Waals surface area (Å²) in [6.45, 7) is 0. The molecule has 0 aliphatic heterocycles. The van der Waals surface area contributed by atoms with Crippen LogP contribution in [-0.2, 0) is 5.88 Å². The fourth-order valence-electron chi connectivity index (χ4n) is 2.05. The predicted molar refractivity (Wildman–Crippen MR) is 77.6 cm³/mol. The molecule has 0 unspecified atom stereocenters. The van der Waals surface area contributed by atoms with Crippen molar-refractivity contribution in [3.8, 4) is 17.1 Å². The quantitative estimate of drug-likeness (QED) is 0.733. The van der Waals surface area contributed by atoms with Crippen LogP contribution in [0.4, 0.5) is 0 Å². The third kappa shape index (κ3) is 2.29. The molecule has 0 aliphatic carbocycles. The Morgan fingerprint density at radius 2 is 2.11 bits per heavy atom. The lowest BCUT2D eigenvalue weighted by Crippen LogP contribution is -1.83. The lowest BCUT2D eigenvalue weighted by atomic mass is 10.1. The molecule has 3 nitrogen and oxygen atoms in total. The SMILES string of the molecule is COc1ccc2nc(-c3cccc(CCl)c3)[nH]c2c1. The third-order valence-electron chi connectivity index (χ3n) is 3.04. The number of imidazole rings is 1. The normalized spacial score (nSPS) is 10.8. The van der Waals surface area contributed by atoms with Crippen LogP contribution in [0.3, 0.4) is 0 Å². The maximum atomic E-state index is 5.86. The van der Waals surface area contributed by atoms with Gasteiger partial charge in [0.15, 0.2) is 0 Å². The fraction of sp³-hybridized carbons (Fsp3) is 0.133. The lowest BCUT2D eigenvalue weighted by molar-refractivity contribution is 0.415. The Kier molecular flexibility index (Phi) is 3.13. The second-order valence-electron chi connectivity index (χ2n) is 4.30. The monoisotopic (exact) mass is 272 g/mol. The van der Waals surface area contributed by atoms with E-state index in [0.717, 1.165) is 33.7 Å². The summed E-state index contributed by atoms with van der Waals surface area (Å²) < 4.78 is 5.21. The number of methoxy groups -OCH3 is 1. The highest BCUT2D eigenvalue weighted by Gasteiger charge is 2.06. The number of hydrogen-bond acceptors (Lipinski definition) is 2. The summed E-state index contributed by atoms with van der Waals surface area (Å²) >= 11 is 5.86. The average Bonchev–Trinajstić information content (AvgIpc) is 2.90. The molecule has 3 aromatic rings. The van der Waals surface area contributed by atoms with Crippen LogP contribution in [0.25, 0.3) is 22.4 Å². The second-order valence-corrected chi connectivity index (χ2v) is 4.57. The van der Waals surface area contributed by atoms with Crippen LogP contribution in [0.1, 0.15) is 5.56 Å². The molecule has 2 aromatic carbocycles. The molecule has 0 spiro atoms. The van der Waals surface area contributed by atoms with Crippen LogP contribution in [0.5, 0.6) is 5.75 Å². The molecule has 19 heavy (non-hydrogen) atoms. The smallest absolute Gasteiger partial charge is 0.138 e. The Balaban J connectivity index is 2.09. The minimum Gasteiger partial charge on any atom is -0.497 e. The summed E-state index contributed by atoms with van der Waals surface area (Å²) in [7, 11) is 1.66. The number of rotatable bonds is 3. The largest absolute Gasteiger partial charge is 0.497 e. The predicted octanol–water partition coefficient (Wildman–Crippen LogP) is 3.98. The molecule has 4 heteroatoms. The van der Waals surface area contributed by atoms with Crippen molar-refractivity contribution >= 4 is 22.6 Å². The second kappa shape index (κ2) is 4.94. The highest BCUT2D eigenvalue weighted by atomic mass is 35.5. The van der Waals surface area contributed by atoms with Crippen molar-refractivity contribution in [2.75, 3.05) is 7.11 Å². The fourth-order valence-corrected chi connectivity index (χ4v) is 2.22. The number of fused-ring (bicyclic) bond motifs is 1. The average molecular weight is 273 g/mol. The Labute approximate surface area is 116 Å². The molecule has 0 radical (unpaired) electrons. The zero-order valence-corrected chi connectivity index (χ0v) is 11.2. The maximum Gasteiger partial charge on any atom is 0.138 e. The van der Waals surface area contributed by atoms with E-state index < -0.39 is 0 Å². The first-order valence-electron chi connectivity index (χ1n) is 5.99. The van der Waals surface area contributed by atoms with E-state index >= 15 is 0 Å². The Morgan fingerprint density at radius 1 is 1.21 bits per heavy atom. The lowest BCUT2D eigenvalue weighted by Gasteiger charge is -1.99. The topological polar surface area (TPSA) is 37.9 Å². The Bertz CT molecular complexity index is 721. The van der Waals surface area contributed by atoms with E-state index in [1.54, 1.807) is 7.11 Å². The van der Waals surface area contributed by atoms with Crippen LogP contribution in [0.15, 0.2) is 42.5 Å². The van der Waals surface area contributed by atoms with E-state index in [0.29, 0.717) is 5.88 Å². The number of hydrogen-bond donors (Lipinski definition) is 1. The number of nitrogens with one attached hydrogen (secondary N) is 1. The molecule has 0 saturated heterocycles. The summed E-state index contributed by atoms with van der Waals surface area (Å²) in [4.78, 5) is 7.88. The van der Waals surface area contributed by atoms with E-state index in [1.807, 2.05) is 42.5 Å². The molecule has 0 aliphatic rings. The molecular weight excluding hydrogens is 260 g/mol. The van der Waals surface area contributed by atoms with Gasteiger partial charge in [0, 0.05) is 17.5 Å². The summed E-state index contributed by atoms with van der Waals surface area (Å²) in [6, 6.07) is 13.8. The molecule has 0 fully saturated rings. The third-order valence-corrected chi connectivity index (χ3v) is 3.35. The first-order chi connectivity index (χ1) is 9.30. The number of halogens is 1. The van der Waals surface area contributed by atoms with E-state index in [-0.39, 0.29) is 0 Å². The van der Waals surface area contributed by atoms with Crippen molar-refractivity contribution in [1.29, 1.82) is 0 Å². The van der Waals surface area contributed by atoms with Crippen LogP contribution in [0, 0.1) is 0 Å². The molecule has 0 atom stereocenters. The number of aromatic amines is 1. The van der Waals surface area contributed by atoms with Gasteiger partial charge in [-0.05, 0) is 23.8 Å². The first kappa shape index (κ1) is 12.1. The number of benzene rings is 2. The van der Waals surface area contributed by atoms with Crippen LogP contribution < -0.4 is 4.74 Å². The van der Waals surface area contributed by atoms with Gasteiger partial charge in [0.05, 0.1) is 18.1 Å². The molecule has 0 amide bonds. The number of aromatic nitrogens is 2. The van der Waals surface area contributed by atoms with E-state index in [2.05, 4.69) is 9.97 Å². The van der Waals surface area contributed by atoms with Crippen molar-refractivity contribution in [2.45, 2.75) is 5.88 Å². The number of ether oxygens (including phenoxy) is 1. The van der Waals surface area contributed by atoms with Gasteiger partial charge in [0.2, 0.25) is 0 Å². The van der Waals surface area contributed by atoms with Crippen LogP contribution in [-0.4, -0.2) is 17.1 Å². The van der Waals surface area contributed by atoms with E-state index in [1.165, 1.54) is 0 Å². The van der Waals surface area contributed by atoms with Crippen molar-refractivity contribution in [3.05, 3.63) is 48.0 Å². The highest BCUT2D eigenvalue weighted by molar-refractivity contribution is 6.17. The molecular formula is C15H13ClN2O. The van der Waals surface area contributed by atoms with Gasteiger partial charge in [0.1, 0.15) is 11.6 Å². The van der Waals surface area contributed by atoms with Gasteiger partial charge in [-0.25, -0.2) is 4.98 Å². The van der Waals surface area contributed by atoms with Gasteiger partial charge in [-0.2, -0.15) is 0 Å². The molecule has 1 aromatic heterocycles. The summed E-state index contributed by atoms with van der Waals surface area (Å²) in [6.07, 6.45) is 0. The van der Waals surface area contributed by atoms with Crippen molar-refractivity contribution in [1.82, 2.24) is 9.97 Å². The van der Waals surface area contributed by atoms with Crippen LogP contribution >= 0.6 is 11.6 Å². The standard InChI is InChI=1S/C15H13ClN2O/c1-19-12-5-6-13-14(8-12)18-15(17-13)11-4-2-3-10(7-11)9-16/h2-8H,9H2,1H3,(H,17,18). The Hall–Kier alpha value is -2.00. The summed E-state index contributed by atoms with van der Waals surface area (Å²) in [5.41, 5.74) is 4.00. The maximum absolute atomic E-state index is 5.86. The zero-order chi connectivity index (χ0) is 13.2. The van der Waals surface area contributed by atoms with E-state index in [9.17, 15) is 0 Å². The number of nitrogens with zero attached hydrogens (tertiary/aromatic N) is 1.